The molecule has 0 atom stereocenters. The van der Waals surface area contributed by atoms with Gasteiger partial charge in [-0.05, 0) is 75.4 Å². The number of rotatable bonds is 17. The minimum atomic E-state index is 0.635. The van der Waals surface area contributed by atoms with Gasteiger partial charge in [-0.15, -0.1) is 0 Å². The average molecular weight is 621 g/mol. The largest absolute Gasteiger partial charge is 0.493 e. The van der Waals surface area contributed by atoms with Crippen molar-refractivity contribution in [2.24, 2.45) is 0 Å². The van der Waals surface area contributed by atoms with Crippen LogP contribution in [0.1, 0.15) is 35.1 Å². The highest BCUT2D eigenvalue weighted by atomic mass is 16.5. The van der Waals surface area contributed by atoms with Crippen LogP contribution in [0.25, 0.3) is 35.4 Å². The van der Waals surface area contributed by atoms with Gasteiger partial charge in [0.05, 0.1) is 27.4 Å². The fourth-order valence-electron chi connectivity index (χ4n) is 5.01. The third-order valence-electron chi connectivity index (χ3n) is 7.52. The Hall–Kier alpha value is -4.52. The van der Waals surface area contributed by atoms with Gasteiger partial charge >= 0.3 is 0 Å². The van der Waals surface area contributed by atoms with Crippen molar-refractivity contribution >= 4 is 24.3 Å². The lowest BCUT2D eigenvalue weighted by atomic mass is 10.0. The Kier molecular flexibility index (Phi) is 13.3. The molecule has 0 aliphatic rings. The average Bonchev–Trinajstić information content (AvgIpc) is 3.07. The summed E-state index contributed by atoms with van der Waals surface area (Å²) in [6.07, 6.45) is 10.3. The van der Waals surface area contributed by atoms with Crippen LogP contribution in [0.5, 0.6) is 23.0 Å². The summed E-state index contributed by atoms with van der Waals surface area (Å²) in [5, 5.41) is 0. The van der Waals surface area contributed by atoms with Gasteiger partial charge in [0.1, 0.15) is 0 Å². The van der Waals surface area contributed by atoms with Gasteiger partial charge in [0.15, 0.2) is 23.0 Å². The molecule has 0 unspecified atom stereocenters. The van der Waals surface area contributed by atoms with E-state index in [-0.39, 0.29) is 0 Å². The lowest BCUT2D eigenvalue weighted by Crippen LogP contribution is -2.15. The quantitative estimate of drug-likeness (QED) is 0.0873. The molecule has 0 heterocycles. The van der Waals surface area contributed by atoms with Gasteiger partial charge < -0.3 is 28.7 Å². The summed E-state index contributed by atoms with van der Waals surface area (Å²) < 4.78 is 23.5. The van der Waals surface area contributed by atoms with E-state index >= 15 is 0 Å². The molecule has 4 aromatic rings. The zero-order valence-corrected chi connectivity index (χ0v) is 28.2. The van der Waals surface area contributed by atoms with Gasteiger partial charge in [-0.25, -0.2) is 0 Å². The molecule has 4 rings (SSSR count). The maximum Gasteiger partial charge on any atom is 0.168 e. The molecular formula is C40H48N2O4. The lowest BCUT2D eigenvalue weighted by molar-refractivity contribution is 0.268. The Morgan fingerprint density at radius 1 is 0.500 bits per heavy atom. The summed E-state index contributed by atoms with van der Waals surface area (Å²) >= 11 is 0. The van der Waals surface area contributed by atoms with Crippen molar-refractivity contribution in [1.82, 2.24) is 9.80 Å². The summed E-state index contributed by atoms with van der Waals surface area (Å²) in [5.41, 5.74) is 6.55. The monoisotopic (exact) mass is 620 g/mol. The molecule has 0 saturated carbocycles. The minimum Gasteiger partial charge on any atom is -0.493 e. The molecule has 0 aliphatic carbocycles. The third kappa shape index (κ3) is 10.3. The molecule has 0 fully saturated rings. The minimum absolute atomic E-state index is 0.635. The van der Waals surface area contributed by atoms with Crippen molar-refractivity contribution in [3.05, 3.63) is 107 Å². The zero-order chi connectivity index (χ0) is 32.7. The highest BCUT2D eigenvalue weighted by Crippen LogP contribution is 2.34. The first-order chi connectivity index (χ1) is 22.4. The second-order valence-electron chi connectivity index (χ2n) is 11.7. The van der Waals surface area contributed by atoms with Crippen LogP contribution in [-0.4, -0.2) is 78.5 Å². The number of para-hydroxylation sites is 2. The number of nitrogens with zero attached hydrogens (tertiary/aromatic N) is 2. The molecule has 6 heteroatoms. The van der Waals surface area contributed by atoms with Crippen molar-refractivity contribution in [2.45, 2.75) is 12.8 Å². The molecule has 0 bridgehead atoms. The Labute approximate surface area is 275 Å². The van der Waals surface area contributed by atoms with Gasteiger partial charge in [0.2, 0.25) is 0 Å². The van der Waals surface area contributed by atoms with Crippen LogP contribution >= 0.6 is 0 Å². The van der Waals surface area contributed by atoms with E-state index in [9.17, 15) is 0 Å². The first-order valence-corrected chi connectivity index (χ1v) is 15.8. The molecule has 0 radical (unpaired) electrons. The van der Waals surface area contributed by atoms with Crippen LogP contribution in [0.4, 0.5) is 0 Å². The zero-order valence-electron chi connectivity index (χ0n) is 28.2. The van der Waals surface area contributed by atoms with Gasteiger partial charge in [0.25, 0.3) is 0 Å². The molecule has 0 N–H and O–H groups in total. The number of ether oxygens (including phenoxy) is 4. The molecule has 0 amide bonds. The predicted octanol–water partition coefficient (Wildman–Crippen LogP) is 8.37. The Balaban J connectivity index is 1.41. The fourth-order valence-corrected chi connectivity index (χ4v) is 5.01. The van der Waals surface area contributed by atoms with E-state index < -0.39 is 0 Å². The lowest BCUT2D eigenvalue weighted by Gasteiger charge is -2.15. The SMILES string of the molecule is COc1cccc(/C=C/c2ccc(-c3ccc(/C=C/c4cccc(OC)c4OCCCN(C)C)cc3)cc2)c1OCCCN(C)C. The van der Waals surface area contributed by atoms with E-state index in [0.717, 1.165) is 71.2 Å². The first kappa shape index (κ1) is 34.4. The smallest absolute Gasteiger partial charge is 0.168 e. The van der Waals surface area contributed by atoms with E-state index in [2.05, 4.69) is 123 Å². The molecule has 242 valence electrons. The summed E-state index contributed by atoms with van der Waals surface area (Å²) in [6, 6.07) is 29.2. The second kappa shape index (κ2) is 17.8. The number of hydrogen-bond acceptors (Lipinski definition) is 6. The molecular weight excluding hydrogens is 572 g/mol. The van der Waals surface area contributed by atoms with E-state index in [1.165, 1.54) is 11.1 Å². The highest BCUT2D eigenvalue weighted by molar-refractivity contribution is 5.77. The van der Waals surface area contributed by atoms with Crippen LogP contribution < -0.4 is 18.9 Å². The highest BCUT2D eigenvalue weighted by Gasteiger charge is 2.10. The van der Waals surface area contributed by atoms with Gasteiger partial charge in [-0.3, -0.25) is 0 Å². The maximum atomic E-state index is 6.15. The van der Waals surface area contributed by atoms with Crippen molar-refractivity contribution in [3.63, 3.8) is 0 Å². The normalized spacial score (nSPS) is 11.6. The molecule has 0 aliphatic heterocycles. The first-order valence-electron chi connectivity index (χ1n) is 15.8. The Bertz CT molecular complexity index is 1440. The molecule has 46 heavy (non-hydrogen) atoms. The standard InChI is InChI=1S/C40H48N2O4/c1-41(2)27-9-29-45-39-35(11-7-13-37(39)43-5)25-19-31-15-21-33(22-16-31)34-23-17-32(18-24-34)20-26-36-12-8-14-38(44-6)40(36)46-30-10-28-42(3)4/h7-8,11-26H,9-10,27-30H2,1-6H3/b25-19+,26-20+. The summed E-state index contributed by atoms with van der Waals surface area (Å²) in [7, 11) is 11.6. The van der Waals surface area contributed by atoms with Crippen LogP contribution in [0.3, 0.4) is 0 Å². The Morgan fingerprint density at radius 2 is 0.891 bits per heavy atom. The van der Waals surface area contributed by atoms with E-state index in [0.29, 0.717) is 13.2 Å². The Morgan fingerprint density at radius 3 is 1.24 bits per heavy atom. The topological polar surface area (TPSA) is 43.4 Å². The fraction of sp³-hybridized carbons (Fsp3) is 0.300. The molecule has 0 aromatic heterocycles. The van der Waals surface area contributed by atoms with Gasteiger partial charge in [0, 0.05) is 24.2 Å². The van der Waals surface area contributed by atoms with E-state index in [1.807, 2.05) is 24.3 Å². The predicted molar refractivity (Wildman–Crippen MR) is 193 cm³/mol. The molecule has 4 aromatic carbocycles. The maximum absolute atomic E-state index is 6.15. The van der Waals surface area contributed by atoms with Crippen molar-refractivity contribution < 1.29 is 18.9 Å². The van der Waals surface area contributed by atoms with Crippen LogP contribution in [-0.2, 0) is 0 Å². The van der Waals surface area contributed by atoms with Crippen LogP contribution in [0.15, 0.2) is 84.9 Å². The summed E-state index contributed by atoms with van der Waals surface area (Å²) in [6.45, 7) is 3.22. The molecule has 0 saturated heterocycles. The van der Waals surface area contributed by atoms with Crippen molar-refractivity contribution in [1.29, 1.82) is 0 Å². The molecule has 6 nitrogen and oxygen atoms in total. The summed E-state index contributed by atoms with van der Waals surface area (Å²) in [5.74, 6) is 3.05. The van der Waals surface area contributed by atoms with Crippen LogP contribution in [0.2, 0.25) is 0 Å². The molecule has 0 spiro atoms. The van der Waals surface area contributed by atoms with Gasteiger partial charge in [-0.2, -0.15) is 0 Å². The van der Waals surface area contributed by atoms with Crippen molar-refractivity contribution in [2.75, 3.05) is 68.7 Å². The van der Waals surface area contributed by atoms with Gasteiger partial charge in [-0.1, -0.05) is 97.1 Å². The number of hydrogen-bond donors (Lipinski definition) is 0. The number of methoxy groups -OCH3 is 2. The second-order valence-corrected chi connectivity index (χ2v) is 11.7. The van der Waals surface area contributed by atoms with Crippen molar-refractivity contribution in [3.8, 4) is 34.1 Å². The van der Waals surface area contributed by atoms with Crippen LogP contribution in [0, 0.1) is 0 Å². The summed E-state index contributed by atoms with van der Waals surface area (Å²) in [4.78, 5) is 4.32. The number of benzene rings is 4. The third-order valence-corrected chi connectivity index (χ3v) is 7.52. The van der Waals surface area contributed by atoms with E-state index in [4.69, 9.17) is 18.9 Å². The van der Waals surface area contributed by atoms with E-state index in [1.54, 1.807) is 14.2 Å².